The average molecular weight is 375 g/mol. The van der Waals surface area contributed by atoms with Crippen LogP contribution < -0.4 is 5.32 Å². The van der Waals surface area contributed by atoms with Gasteiger partial charge in [-0.25, -0.2) is 4.68 Å². The summed E-state index contributed by atoms with van der Waals surface area (Å²) in [4.78, 5) is 30.5. The zero-order chi connectivity index (χ0) is 19.3. The fourth-order valence-corrected chi connectivity index (χ4v) is 3.37. The normalized spacial score (nSPS) is 16.4. The van der Waals surface area contributed by atoms with Crippen LogP contribution in [-0.2, 0) is 22.7 Å². The molecule has 1 aromatic carbocycles. The fraction of sp³-hybridized carbons (Fsp3) is 0.238. The highest BCUT2D eigenvalue weighted by atomic mass is 16.2. The molecule has 0 aliphatic carbocycles. The predicted octanol–water partition coefficient (Wildman–Crippen LogP) is 1.93. The lowest BCUT2D eigenvalue weighted by molar-refractivity contribution is -0.129. The van der Waals surface area contributed by atoms with E-state index in [1.807, 2.05) is 48.7 Å². The van der Waals surface area contributed by atoms with Gasteiger partial charge in [-0.05, 0) is 41.5 Å². The Morgan fingerprint density at radius 2 is 1.96 bits per heavy atom. The van der Waals surface area contributed by atoms with Gasteiger partial charge < -0.3 is 10.2 Å². The number of carbonyl (C=O) groups is 2. The van der Waals surface area contributed by atoms with Crippen LogP contribution in [0.15, 0.2) is 67.3 Å². The van der Waals surface area contributed by atoms with Crippen molar-refractivity contribution in [1.82, 2.24) is 25.0 Å². The maximum absolute atomic E-state index is 12.6. The van der Waals surface area contributed by atoms with E-state index in [1.54, 1.807) is 28.2 Å². The van der Waals surface area contributed by atoms with Crippen LogP contribution in [0.3, 0.4) is 0 Å². The van der Waals surface area contributed by atoms with E-state index in [2.05, 4.69) is 15.4 Å². The third-order valence-electron chi connectivity index (χ3n) is 4.85. The second-order valence-corrected chi connectivity index (χ2v) is 6.87. The lowest BCUT2D eigenvalue weighted by Crippen LogP contribution is -2.32. The molecule has 142 valence electrons. The van der Waals surface area contributed by atoms with Crippen LogP contribution in [0.2, 0.25) is 0 Å². The van der Waals surface area contributed by atoms with Gasteiger partial charge in [-0.1, -0.05) is 12.1 Å². The van der Waals surface area contributed by atoms with E-state index in [0.717, 1.165) is 16.8 Å². The van der Waals surface area contributed by atoms with Gasteiger partial charge >= 0.3 is 0 Å². The Bertz CT molecular complexity index is 956. The van der Waals surface area contributed by atoms with Crippen LogP contribution in [-0.4, -0.2) is 38.0 Å². The van der Waals surface area contributed by atoms with Crippen LogP contribution in [0, 0.1) is 5.92 Å². The number of amides is 2. The van der Waals surface area contributed by atoms with Crippen molar-refractivity contribution in [2.24, 2.45) is 5.92 Å². The molecule has 1 fully saturated rings. The predicted molar refractivity (Wildman–Crippen MR) is 103 cm³/mol. The summed E-state index contributed by atoms with van der Waals surface area (Å²) < 4.78 is 1.78. The van der Waals surface area contributed by atoms with Crippen LogP contribution >= 0.6 is 0 Å². The van der Waals surface area contributed by atoms with Gasteiger partial charge in [0.05, 0.1) is 11.6 Å². The second kappa shape index (κ2) is 8.04. The van der Waals surface area contributed by atoms with Gasteiger partial charge in [0.25, 0.3) is 0 Å². The highest BCUT2D eigenvalue weighted by molar-refractivity contribution is 5.89. The molecule has 1 aliphatic rings. The Balaban J connectivity index is 1.33. The van der Waals surface area contributed by atoms with Crippen LogP contribution in [0.5, 0.6) is 0 Å². The van der Waals surface area contributed by atoms with E-state index in [0.29, 0.717) is 19.6 Å². The van der Waals surface area contributed by atoms with Crippen molar-refractivity contribution in [3.63, 3.8) is 0 Å². The lowest BCUT2D eigenvalue weighted by atomic mass is 10.1. The van der Waals surface area contributed by atoms with Crippen molar-refractivity contribution in [3.8, 4) is 5.69 Å². The third kappa shape index (κ3) is 4.09. The molecule has 28 heavy (non-hydrogen) atoms. The monoisotopic (exact) mass is 375 g/mol. The molecule has 0 unspecified atom stereocenters. The molecule has 0 radical (unpaired) electrons. The summed E-state index contributed by atoms with van der Waals surface area (Å²) in [6, 6.07) is 13.5. The molecule has 4 rings (SSSR count). The molecule has 2 aromatic heterocycles. The van der Waals surface area contributed by atoms with E-state index in [4.69, 9.17) is 0 Å². The third-order valence-corrected chi connectivity index (χ3v) is 4.85. The Hall–Kier alpha value is -3.48. The summed E-state index contributed by atoms with van der Waals surface area (Å²) in [5.74, 6) is -0.392. The zero-order valence-corrected chi connectivity index (χ0v) is 15.4. The molecule has 0 spiro atoms. The summed E-state index contributed by atoms with van der Waals surface area (Å²) in [5.41, 5.74) is 2.94. The Morgan fingerprint density at radius 3 is 2.75 bits per heavy atom. The fourth-order valence-electron chi connectivity index (χ4n) is 3.37. The summed E-state index contributed by atoms with van der Waals surface area (Å²) in [7, 11) is 0. The second-order valence-electron chi connectivity index (χ2n) is 6.87. The molecule has 7 nitrogen and oxygen atoms in total. The van der Waals surface area contributed by atoms with Crippen LogP contribution in [0.25, 0.3) is 5.69 Å². The van der Waals surface area contributed by atoms with Gasteiger partial charge in [0, 0.05) is 50.8 Å². The van der Waals surface area contributed by atoms with Crippen molar-refractivity contribution in [2.75, 3.05) is 6.54 Å². The highest BCUT2D eigenvalue weighted by Crippen LogP contribution is 2.20. The zero-order valence-electron chi connectivity index (χ0n) is 15.4. The maximum atomic E-state index is 12.6. The number of aromatic nitrogens is 3. The van der Waals surface area contributed by atoms with Gasteiger partial charge in [0.2, 0.25) is 11.8 Å². The molecule has 3 aromatic rings. The number of nitrogens with zero attached hydrogens (tertiary/aromatic N) is 4. The van der Waals surface area contributed by atoms with Crippen LogP contribution in [0.1, 0.15) is 17.5 Å². The van der Waals surface area contributed by atoms with Crippen molar-refractivity contribution in [2.45, 2.75) is 19.5 Å². The first-order valence-electron chi connectivity index (χ1n) is 9.22. The number of hydrogen-bond donors (Lipinski definition) is 1. The lowest BCUT2D eigenvalue weighted by Gasteiger charge is -2.16. The Morgan fingerprint density at radius 1 is 1.11 bits per heavy atom. The molecule has 2 amide bonds. The molecule has 1 saturated heterocycles. The minimum absolute atomic E-state index is 0.0117. The first-order chi connectivity index (χ1) is 13.7. The van der Waals surface area contributed by atoms with Crippen molar-refractivity contribution in [3.05, 3.63) is 78.4 Å². The smallest absolute Gasteiger partial charge is 0.225 e. The number of hydrogen-bond acceptors (Lipinski definition) is 4. The number of rotatable bonds is 6. The molecule has 1 atom stereocenters. The van der Waals surface area contributed by atoms with E-state index >= 15 is 0 Å². The molecule has 1 N–H and O–H groups in total. The number of benzene rings is 1. The maximum Gasteiger partial charge on any atom is 0.225 e. The first kappa shape index (κ1) is 17.9. The molecule has 7 heteroatoms. The van der Waals surface area contributed by atoms with Crippen LogP contribution in [0.4, 0.5) is 0 Å². The van der Waals surface area contributed by atoms with Crippen molar-refractivity contribution in [1.29, 1.82) is 0 Å². The van der Waals surface area contributed by atoms with E-state index < -0.39 is 0 Å². The van der Waals surface area contributed by atoms with Crippen molar-refractivity contribution >= 4 is 11.8 Å². The minimum Gasteiger partial charge on any atom is -0.352 e. The Labute approximate surface area is 163 Å². The van der Waals surface area contributed by atoms with Gasteiger partial charge in [0.1, 0.15) is 0 Å². The van der Waals surface area contributed by atoms with E-state index in [9.17, 15) is 9.59 Å². The Kier molecular flexibility index (Phi) is 5.14. The standard InChI is InChI=1S/C21H21N5O2/c27-20-12-18(15-25(20)14-16-5-8-22-9-6-16)21(28)23-13-17-3-1-4-19(11-17)26-10-2-7-24-26/h1-11,18H,12-15H2,(H,23,28)/t18-/m1/s1. The molecular formula is C21H21N5O2. The van der Waals surface area contributed by atoms with E-state index in [1.165, 1.54) is 0 Å². The number of carbonyl (C=O) groups excluding carboxylic acids is 2. The number of pyridine rings is 1. The summed E-state index contributed by atoms with van der Waals surface area (Å²) in [6.07, 6.45) is 7.27. The van der Waals surface area contributed by atoms with Crippen molar-refractivity contribution < 1.29 is 9.59 Å². The molecular weight excluding hydrogens is 354 g/mol. The average Bonchev–Trinajstić information content (AvgIpc) is 3.38. The van der Waals surface area contributed by atoms with Gasteiger partial charge in [0.15, 0.2) is 0 Å². The topological polar surface area (TPSA) is 80.1 Å². The SMILES string of the molecule is O=C(NCc1cccc(-n2cccn2)c1)[C@@H]1CC(=O)N(Cc2ccncc2)C1. The van der Waals surface area contributed by atoms with E-state index in [-0.39, 0.29) is 24.2 Å². The number of likely N-dealkylation sites (tertiary alicyclic amines) is 1. The summed E-state index contributed by atoms with van der Waals surface area (Å²) >= 11 is 0. The largest absolute Gasteiger partial charge is 0.352 e. The van der Waals surface area contributed by atoms with Gasteiger partial charge in [-0.15, -0.1) is 0 Å². The summed E-state index contributed by atoms with van der Waals surface area (Å²) in [6.45, 7) is 1.38. The van der Waals surface area contributed by atoms with Gasteiger partial charge in [-0.2, -0.15) is 5.10 Å². The first-order valence-corrected chi connectivity index (χ1v) is 9.22. The number of nitrogens with one attached hydrogen (secondary N) is 1. The van der Waals surface area contributed by atoms with Gasteiger partial charge in [-0.3, -0.25) is 14.6 Å². The molecule has 3 heterocycles. The molecule has 0 bridgehead atoms. The molecule has 0 saturated carbocycles. The minimum atomic E-state index is -0.316. The summed E-state index contributed by atoms with van der Waals surface area (Å²) in [5, 5.41) is 7.18. The molecule has 1 aliphatic heterocycles. The quantitative estimate of drug-likeness (QED) is 0.714. The highest BCUT2D eigenvalue weighted by Gasteiger charge is 2.34.